The van der Waals surface area contributed by atoms with E-state index in [4.69, 9.17) is 0 Å². The Bertz CT molecular complexity index is 753. The number of aryl methyl sites for hydroxylation is 1. The summed E-state index contributed by atoms with van der Waals surface area (Å²) in [5.41, 5.74) is 3.14. The molecule has 25 heavy (non-hydrogen) atoms. The van der Waals surface area contributed by atoms with E-state index in [1.807, 2.05) is 42.1 Å². The van der Waals surface area contributed by atoms with Gasteiger partial charge < -0.3 is 10.6 Å². The van der Waals surface area contributed by atoms with Crippen LogP contribution in [0.4, 0.5) is 0 Å². The third-order valence-electron chi connectivity index (χ3n) is 4.61. The summed E-state index contributed by atoms with van der Waals surface area (Å²) < 4.78 is 1.82. The summed E-state index contributed by atoms with van der Waals surface area (Å²) in [6.45, 7) is 0.866. The van der Waals surface area contributed by atoms with Crippen molar-refractivity contribution in [1.82, 2.24) is 20.4 Å². The number of hydrogen-bond donors (Lipinski definition) is 2. The highest BCUT2D eigenvalue weighted by atomic mass is 16.2. The Morgan fingerprint density at radius 1 is 1.40 bits per heavy atom. The Hall–Kier alpha value is -2.65. The van der Waals surface area contributed by atoms with Gasteiger partial charge in [-0.1, -0.05) is 30.7 Å². The molecule has 1 fully saturated rings. The molecule has 1 saturated heterocycles. The molecular weight excluding hydrogens is 314 g/mol. The zero-order chi connectivity index (χ0) is 17.6. The number of carbonyl (C=O) groups excluding carboxylic acids is 1. The first-order valence-electron chi connectivity index (χ1n) is 8.68. The summed E-state index contributed by atoms with van der Waals surface area (Å²) in [6, 6.07) is 11.5. The summed E-state index contributed by atoms with van der Waals surface area (Å²) >= 11 is 0. The average molecular weight is 337 g/mol. The molecule has 2 aromatic rings. The van der Waals surface area contributed by atoms with E-state index in [1.54, 1.807) is 6.20 Å². The molecule has 0 radical (unpaired) electrons. The normalized spacial score (nSPS) is 18.3. The van der Waals surface area contributed by atoms with E-state index in [0.717, 1.165) is 42.6 Å². The second kappa shape index (κ2) is 7.95. The molecule has 6 nitrogen and oxygen atoms in total. The molecule has 0 saturated carbocycles. The van der Waals surface area contributed by atoms with Crippen molar-refractivity contribution >= 4 is 5.91 Å². The molecule has 0 aliphatic carbocycles. The topological polar surface area (TPSA) is 82.7 Å². The highest BCUT2D eigenvalue weighted by molar-refractivity contribution is 5.82. The molecule has 2 atom stereocenters. The molecule has 1 aromatic carbocycles. The molecule has 1 aliphatic rings. The van der Waals surface area contributed by atoms with Crippen LogP contribution < -0.4 is 10.6 Å². The van der Waals surface area contributed by atoms with Crippen molar-refractivity contribution in [2.24, 2.45) is 7.05 Å². The lowest BCUT2D eigenvalue weighted by molar-refractivity contribution is -0.124. The average Bonchev–Trinajstić information content (AvgIpc) is 3.08. The molecule has 2 heterocycles. The first-order valence-corrected chi connectivity index (χ1v) is 8.68. The number of rotatable bonds is 5. The van der Waals surface area contributed by atoms with Crippen molar-refractivity contribution in [2.45, 2.75) is 37.8 Å². The molecular formula is C19H23N5O. The summed E-state index contributed by atoms with van der Waals surface area (Å²) in [6.07, 6.45) is 5.26. The monoisotopic (exact) mass is 337 g/mol. The standard InChI is InChI=1S/C19H23N5O/c1-24-18(9-11-22-24)15-7-5-14(6-8-15)12-16(13-20)23-19(25)17-4-2-3-10-21-17/h5-9,11,16-17,21H,2-4,10,12H2,1H3,(H,23,25)/t16?,17-/m0/s1. The Morgan fingerprint density at radius 3 is 2.80 bits per heavy atom. The number of aromatic nitrogens is 2. The molecule has 1 amide bonds. The second-order valence-corrected chi connectivity index (χ2v) is 6.43. The van der Waals surface area contributed by atoms with Crippen molar-refractivity contribution in [2.75, 3.05) is 6.54 Å². The zero-order valence-electron chi connectivity index (χ0n) is 14.4. The van der Waals surface area contributed by atoms with Crippen molar-refractivity contribution in [1.29, 1.82) is 5.26 Å². The summed E-state index contributed by atoms with van der Waals surface area (Å²) in [5.74, 6) is -0.0715. The van der Waals surface area contributed by atoms with E-state index in [0.29, 0.717) is 6.42 Å². The maximum atomic E-state index is 12.3. The quantitative estimate of drug-likeness (QED) is 0.871. The van der Waals surface area contributed by atoms with Gasteiger partial charge in [-0.25, -0.2) is 0 Å². The van der Waals surface area contributed by atoms with Gasteiger partial charge in [0.25, 0.3) is 0 Å². The molecule has 0 bridgehead atoms. The minimum atomic E-state index is -0.515. The van der Waals surface area contributed by atoms with Crippen LogP contribution in [0.1, 0.15) is 24.8 Å². The van der Waals surface area contributed by atoms with Gasteiger partial charge in [0.15, 0.2) is 0 Å². The van der Waals surface area contributed by atoms with Gasteiger partial charge in [-0.15, -0.1) is 0 Å². The van der Waals surface area contributed by atoms with Crippen LogP contribution in [0.5, 0.6) is 0 Å². The van der Waals surface area contributed by atoms with Gasteiger partial charge in [-0.05, 0) is 36.6 Å². The highest BCUT2D eigenvalue weighted by Crippen LogP contribution is 2.19. The predicted octanol–water partition coefficient (Wildman–Crippen LogP) is 1.78. The van der Waals surface area contributed by atoms with Crippen LogP contribution in [0, 0.1) is 11.3 Å². The lowest BCUT2D eigenvalue weighted by Crippen LogP contribution is -2.49. The Morgan fingerprint density at radius 2 is 2.20 bits per heavy atom. The van der Waals surface area contributed by atoms with Crippen LogP contribution in [0.3, 0.4) is 0 Å². The number of amides is 1. The third-order valence-corrected chi connectivity index (χ3v) is 4.61. The van der Waals surface area contributed by atoms with Gasteiger partial charge in [0, 0.05) is 19.7 Å². The fourth-order valence-electron chi connectivity index (χ4n) is 3.18. The van der Waals surface area contributed by atoms with Crippen LogP contribution in [0.15, 0.2) is 36.5 Å². The zero-order valence-corrected chi connectivity index (χ0v) is 14.4. The Labute approximate surface area is 147 Å². The van der Waals surface area contributed by atoms with Crippen LogP contribution in [0.2, 0.25) is 0 Å². The van der Waals surface area contributed by atoms with Crippen LogP contribution in [0.25, 0.3) is 11.3 Å². The second-order valence-electron chi connectivity index (χ2n) is 6.43. The maximum absolute atomic E-state index is 12.3. The Balaban J connectivity index is 1.61. The first kappa shape index (κ1) is 17.2. The summed E-state index contributed by atoms with van der Waals surface area (Å²) in [5, 5.41) is 19.6. The molecule has 1 unspecified atom stereocenters. The largest absolute Gasteiger partial charge is 0.339 e. The number of hydrogen-bond acceptors (Lipinski definition) is 4. The third kappa shape index (κ3) is 4.25. The molecule has 1 aromatic heterocycles. The minimum Gasteiger partial charge on any atom is -0.339 e. The van der Waals surface area contributed by atoms with E-state index in [1.165, 1.54) is 0 Å². The molecule has 1 aliphatic heterocycles. The van der Waals surface area contributed by atoms with Crippen molar-refractivity contribution < 1.29 is 4.79 Å². The Kier molecular flexibility index (Phi) is 5.46. The number of benzene rings is 1. The smallest absolute Gasteiger partial charge is 0.238 e. The molecule has 0 spiro atoms. The number of piperidine rings is 1. The van der Waals surface area contributed by atoms with E-state index in [-0.39, 0.29) is 11.9 Å². The van der Waals surface area contributed by atoms with E-state index in [9.17, 15) is 10.1 Å². The van der Waals surface area contributed by atoms with E-state index in [2.05, 4.69) is 21.8 Å². The van der Waals surface area contributed by atoms with Crippen molar-refractivity contribution in [3.8, 4) is 17.3 Å². The number of nitriles is 1. The van der Waals surface area contributed by atoms with Crippen LogP contribution in [-0.2, 0) is 18.3 Å². The van der Waals surface area contributed by atoms with Crippen LogP contribution in [-0.4, -0.2) is 34.3 Å². The lowest BCUT2D eigenvalue weighted by Gasteiger charge is -2.23. The van der Waals surface area contributed by atoms with E-state index >= 15 is 0 Å². The SMILES string of the molecule is Cn1nccc1-c1ccc(CC(C#N)NC(=O)[C@@H]2CCCCN2)cc1. The van der Waals surface area contributed by atoms with Crippen molar-refractivity contribution in [3.63, 3.8) is 0 Å². The van der Waals surface area contributed by atoms with Crippen molar-refractivity contribution in [3.05, 3.63) is 42.1 Å². The van der Waals surface area contributed by atoms with Gasteiger partial charge in [0.05, 0.1) is 17.8 Å². The van der Waals surface area contributed by atoms with Gasteiger partial charge >= 0.3 is 0 Å². The van der Waals surface area contributed by atoms with Gasteiger partial charge in [0.2, 0.25) is 5.91 Å². The first-order chi connectivity index (χ1) is 12.2. The minimum absolute atomic E-state index is 0.0715. The molecule has 3 rings (SSSR count). The molecule has 6 heteroatoms. The fourth-order valence-corrected chi connectivity index (χ4v) is 3.18. The summed E-state index contributed by atoms with van der Waals surface area (Å²) in [4.78, 5) is 12.3. The predicted molar refractivity (Wildman–Crippen MR) is 95.5 cm³/mol. The molecule has 130 valence electrons. The maximum Gasteiger partial charge on any atom is 0.238 e. The van der Waals surface area contributed by atoms with E-state index < -0.39 is 6.04 Å². The number of carbonyl (C=O) groups is 1. The van der Waals surface area contributed by atoms with Crippen LogP contribution >= 0.6 is 0 Å². The van der Waals surface area contributed by atoms with Gasteiger partial charge in [-0.3, -0.25) is 9.48 Å². The number of nitrogens with zero attached hydrogens (tertiary/aromatic N) is 3. The van der Waals surface area contributed by atoms with Gasteiger partial charge in [0.1, 0.15) is 6.04 Å². The van der Waals surface area contributed by atoms with Gasteiger partial charge in [-0.2, -0.15) is 10.4 Å². The molecule has 2 N–H and O–H groups in total. The number of nitrogens with one attached hydrogen (secondary N) is 2. The fraction of sp³-hybridized carbons (Fsp3) is 0.421. The highest BCUT2D eigenvalue weighted by Gasteiger charge is 2.23. The lowest BCUT2D eigenvalue weighted by atomic mass is 10.0. The summed E-state index contributed by atoms with van der Waals surface area (Å²) in [7, 11) is 1.91.